The van der Waals surface area contributed by atoms with Crippen LogP contribution in [0.1, 0.15) is 30.0 Å². The number of nitrogens with zero attached hydrogens (tertiary/aromatic N) is 1. The Hall–Kier alpha value is -3.13. The maximum absolute atomic E-state index is 12.1. The second-order valence-electron chi connectivity index (χ2n) is 5.59. The second kappa shape index (κ2) is 9.24. The highest BCUT2D eigenvalue weighted by atomic mass is 16.5. The van der Waals surface area contributed by atoms with Crippen LogP contribution in [0.3, 0.4) is 0 Å². The Labute approximate surface area is 147 Å². The molecule has 2 aromatic rings. The average molecular weight is 336 g/mol. The first-order valence-electron chi connectivity index (χ1n) is 8.11. The quantitative estimate of drug-likeness (QED) is 0.840. The number of nitrogens with one attached hydrogen (secondary N) is 1. The Morgan fingerprint density at radius 1 is 1.08 bits per heavy atom. The third kappa shape index (κ3) is 5.78. The minimum Gasteiger partial charge on any atom is -0.445 e. The maximum atomic E-state index is 12.1. The van der Waals surface area contributed by atoms with Gasteiger partial charge in [-0.05, 0) is 29.7 Å². The van der Waals surface area contributed by atoms with E-state index in [0.29, 0.717) is 18.4 Å². The first-order chi connectivity index (χ1) is 12.1. The van der Waals surface area contributed by atoms with Crippen LogP contribution in [0.5, 0.6) is 0 Å². The van der Waals surface area contributed by atoms with Crippen molar-refractivity contribution in [2.45, 2.75) is 32.4 Å². The number of rotatable bonds is 7. The zero-order valence-corrected chi connectivity index (χ0v) is 14.1. The Balaban J connectivity index is 1.95. The van der Waals surface area contributed by atoms with Crippen LogP contribution in [0.4, 0.5) is 4.79 Å². The van der Waals surface area contributed by atoms with Crippen molar-refractivity contribution >= 4 is 11.9 Å². The first kappa shape index (κ1) is 18.2. The normalized spacial score (nSPS) is 11.2. The van der Waals surface area contributed by atoms with E-state index in [-0.39, 0.29) is 12.4 Å². The molecule has 0 aliphatic rings. The van der Waals surface area contributed by atoms with E-state index in [1.54, 1.807) is 31.2 Å². The number of carbonyl (C=O) groups is 2. The van der Waals surface area contributed by atoms with E-state index in [1.807, 2.05) is 36.4 Å². The van der Waals surface area contributed by atoms with Crippen molar-refractivity contribution < 1.29 is 14.3 Å². The van der Waals surface area contributed by atoms with Crippen molar-refractivity contribution in [2.75, 3.05) is 0 Å². The van der Waals surface area contributed by atoms with Gasteiger partial charge in [-0.3, -0.25) is 4.79 Å². The molecule has 0 spiro atoms. The molecule has 0 heterocycles. The number of Topliss-reactive ketones (excluding diaryl/α,β-unsaturated/α-hetero) is 1. The lowest BCUT2D eigenvalue weighted by molar-refractivity contribution is -0.120. The topological polar surface area (TPSA) is 79.2 Å². The van der Waals surface area contributed by atoms with Gasteiger partial charge in [0.2, 0.25) is 0 Å². The van der Waals surface area contributed by atoms with E-state index in [1.165, 1.54) is 0 Å². The van der Waals surface area contributed by atoms with Crippen LogP contribution in [0.25, 0.3) is 0 Å². The standard InChI is InChI=1S/C20H20N2O3/c1-2-19(23)18(12-15-8-10-16(13-21)11-9-15)22-20(24)25-14-17-6-4-3-5-7-17/h3-11,18H,2,12,14H2,1H3,(H,22,24)/t18-/m1/s1. The monoisotopic (exact) mass is 336 g/mol. The minimum atomic E-state index is -0.652. The van der Waals surface area contributed by atoms with Crippen LogP contribution < -0.4 is 5.32 Å². The van der Waals surface area contributed by atoms with Crippen molar-refractivity contribution in [3.8, 4) is 6.07 Å². The molecule has 5 nitrogen and oxygen atoms in total. The van der Waals surface area contributed by atoms with Gasteiger partial charge in [-0.1, -0.05) is 49.4 Å². The molecule has 5 heteroatoms. The van der Waals surface area contributed by atoms with E-state index < -0.39 is 12.1 Å². The van der Waals surface area contributed by atoms with Crippen LogP contribution in [0, 0.1) is 11.3 Å². The van der Waals surface area contributed by atoms with Crippen molar-refractivity contribution in [1.82, 2.24) is 5.32 Å². The van der Waals surface area contributed by atoms with Crippen LogP contribution in [0.2, 0.25) is 0 Å². The van der Waals surface area contributed by atoms with Crippen LogP contribution in [-0.4, -0.2) is 17.9 Å². The van der Waals surface area contributed by atoms with Gasteiger partial charge in [-0.25, -0.2) is 4.79 Å². The predicted molar refractivity (Wildman–Crippen MR) is 93.7 cm³/mol. The molecule has 2 aromatic carbocycles. The van der Waals surface area contributed by atoms with Crippen LogP contribution >= 0.6 is 0 Å². The molecular formula is C20H20N2O3. The van der Waals surface area contributed by atoms with Gasteiger partial charge in [-0.2, -0.15) is 5.26 Å². The Morgan fingerprint density at radius 3 is 2.36 bits per heavy atom. The van der Waals surface area contributed by atoms with Crippen LogP contribution in [-0.2, 0) is 22.6 Å². The summed E-state index contributed by atoms with van der Waals surface area (Å²) in [6.45, 7) is 1.90. The molecule has 128 valence electrons. The molecule has 0 radical (unpaired) electrons. The Morgan fingerprint density at radius 2 is 1.76 bits per heavy atom. The molecule has 0 fully saturated rings. The largest absolute Gasteiger partial charge is 0.445 e. The zero-order valence-electron chi connectivity index (χ0n) is 14.1. The summed E-state index contributed by atoms with van der Waals surface area (Å²) in [4.78, 5) is 24.1. The number of benzene rings is 2. The summed E-state index contributed by atoms with van der Waals surface area (Å²) in [6, 6.07) is 17.7. The number of hydrogen-bond acceptors (Lipinski definition) is 4. The van der Waals surface area contributed by atoms with Crippen LogP contribution in [0.15, 0.2) is 54.6 Å². The van der Waals surface area contributed by atoms with E-state index in [0.717, 1.165) is 11.1 Å². The lowest BCUT2D eigenvalue weighted by Gasteiger charge is -2.17. The fourth-order valence-corrected chi connectivity index (χ4v) is 2.35. The highest BCUT2D eigenvalue weighted by molar-refractivity contribution is 5.87. The zero-order chi connectivity index (χ0) is 18.1. The summed E-state index contributed by atoms with van der Waals surface area (Å²) < 4.78 is 5.18. The number of carbonyl (C=O) groups excluding carboxylic acids is 2. The van der Waals surface area contributed by atoms with E-state index in [4.69, 9.17) is 10.00 Å². The lowest BCUT2D eigenvalue weighted by atomic mass is 10.0. The summed E-state index contributed by atoms with van der Waals surface area (Å²) in [5, 5.41) is 11.5. The number of amides is 1. The molecule has 1 N–H and O–H groups in total. The summed E-state index contributed by atoms with van der Waals surface area (Å²) in [5.74, 6) is -0.0685. The van der Waals surface area contributed by atoms with Gasteiger partial charge in [-0.15, -0.1) is 0 Å². The van der Waals surface area contributed by atoms with Crippen molar-refractivity contribution in [2.24, 2.45) is 0 Å². The molecule has 0 aliphatic carbocycles. The Bertz CT molecular complexity index is 749. The molecular weight excluding hydrogens is 316 g/mol. The molecule has 0 unspecified atom stereocenters. The lowest BCUT2D eigenvalue weighted by Crippen LogP contribution is -2.42. The maximum Gasteiger partial charge on any atom is 0.408 e. The molecule has 0 bridgehead atoms. The molecule has 2 rings (SSSR count). The summed E-state index contributed by atoms with van der Waals surface area (Å²) >= 11 is 0. The second-order valence-corrected chi connectivity index (χ2v) is 5.59. The fraction of sp³-hybridized carbons (Fsp3) is 0.250. The van der Waals surface area contributed by atoms with Gasteiger partial charge in [0.05, 0.1) is 17.7 Å². The van der Waals surface area contributed by atoms with Gasteiger partial charge in [0, 0.05) is 6.42 Å². The highest BCUT2D eigenvalue weighted by Gasteiger charge is 2.20. The fourth-order valence-electron chi connectivity index (χ4n) is 2.35. The molecule has 0 aliphatic heterocycles. The summed E-state index contributed by atoms with van der Waals surface area (Å²) in [6.07, 6.45) is 0.0583. The van der Waals surface area contributed by atoms with E-state index >= 15 is 0 Å². The van der Waals surface area contributed by atoms with Gasteiger partial charge < -0.3 is 10.1 Å². The number of ketones is 1. The third-order valence-electron chi connectivity index (χ3n) is 3.76. The predicted octanol–water partition coefficient (Wildman–Crippen LogP) is 3.37. The number of hydrogen-bond donors (Lipinski definition) is 1. The molecule has 0 saturated heterocycles. The van der Waals surface area contributed by atoms with Gasteiger partial charge in [0.15, 0.2) is 5.78 Å². The molecule has 25 heavy (non-hydrogen) atoms. The third-order valence-corrected chi connectivity index (χ3v) is 3.76. The Kier molecular flexibility index (Phi) is 6.73. The van der Waals surface area contributed by atoms with Crippen molar-refractivity contribution in [3.63, 3.8) is 0 Å². The highest BCUT2D eigenvalue weighted by Crippen LogP contribution is 2.09. The summed E-state index contributed by atoms with van der Waals surface area (Å²) in [7, 11) is 0. The molecule has 1 atom stereocenters. The minimum absolute atomic E-state index is 0.0685. The van der Waals surface area contributed by atoms with Gasteiger partial charge in [0.25, 0.3) is 0 Å². The average Bonchev–Trinajstić information content (AvgIpc) is 2.66. The molecule has 1 amide bonds. The van der Waals surface area contributed by atoms with Gasteiger partial charge >= 0.3 is 6.09 Å². The number of ether oxygens (including phenoxy) is 1. The van der Waals surface area contributed by atoms with Gasteiger partial charge in [0.1, 0.15) is 6.61 Å². The summed E-state index contributed by atoms with van der Waals surface area (Å²) in [5.41, 5.74) is 2.30. The number of alkyl carbamates (subject to hydrolysis) is 1. The first-order valence-corrected chi connectivity index (χ1v) is 8.11. The smallest absolute Gasteiger partial charge is 0.408 e. The van der Waals surface area contributed by atoms with E-state index in [2.05, 4.69) is 5.32 Å². The van der Waals surface area contributed by atoms with E-state index in [9.17, 15) is 9.59 Å². The molecule has 0 saturated carbocycles. The molecule has 0 aromatic heterocycles. The van der Waals surface area contributed by atoms with Crippen molar-refractivity contribution in [1.29, 1.82) is 5.26 Å². The number of nitriles is 1. The SMILES string of the molecule is CCC(=O)[C@@H](Cc1ccc(C#N)cc1)NC(=O)OCc1ccccc1. The van der Waals surface area contributed by atoms with Crippen molar-refractivity contribution in [3.05, 3.63) is 71.3 Å².